The van der Waals surface area contributed by atoms with E-state index in [4.69, 9.17) is 0 Å². The Morgan fingerprint density at radius 3 is 2.42 bits per heavy atom. The van der Waals surface area contributed by atoms with Gasteiger partial charge in [0.2, 0.25) is 0 Å². The number of rotatable bonds is 6. The molecule has 0 aliphatic rings. The lowest BCUT2D eigenvalue weighted by Crippen LogP contribution is -2.32. The van der Waals surface area contributed by atoms with Crippen molar-refractivity contribution in [3.05, 3.63) is 64.9 Å². The molecule has 0 bridgehead atoms. The lowest BCUT2D eigenvalue weighted by Gasteiger charge is -2.26. The van der Waals surface area contributed by atoms with E-state index in [1.165, 1.54) is 5.56 Å². The van der Waals surface area contributed by atoms with Crippen LogP contribution in [0.3, 0.4) is 0 Å². The third-order valence-corrected chi connectivity index (χ3v) is 4.45. The highest BCUT2D eigenvalue weighted by Crippen LogP contribution is 2.24. The van der Waals surface area contributed by atoms with Crippen LogP contribution in [-0.4, -0.2) is 42.1 Å². The summed E-state index contributed by atoms with van der Waals surface area (Å²) in [5.74, 6) is 0.991. The number of anilines is 1. The van der Waals surface area contributed by atoms with Crippen LogP contribution in [0.15, 0.2) is 59.3 Å². The summed E-state index contributed by atoms with van der Waals surface area (Å²) in [5, 5.41) is 1.09. The first-order chi connectivity index (χ1) is 11.6. The standard InChI is InChI=1S/C19H21BrN4/c1-23(2)11-12-24(13-15-7-9-16(20)10-8-15)19-17-5-3-4-6-18(17)21-14-22-19/h3-10,14H,11-13H2,1-2H3. The highest BCUT2D eigenvalue weighted by Gasteiger charge is 2.13. The third-order valence-electron chi connectivity index (χ3n) is 3.93. The normalized spacial score (nSPS) is 11.2. The van der Waals surface area contributed by atoms with E-state index in [-0.39, 0.29) is 0 Å². The molecule has 0 fully saturated rings. The summed E-state index contributed by atoms with van der Waals surface area (Å²) in [6.45, 7) is 2.70. The number of hydrogen-bond acceptors (Lipinski definition) is 4. The van der Waals surface area contributed by atoms with Crippen molar-refractivity contribution in [3.8, 4) is 0 Å². The predicted octanol–water partition coefficient (Wildman–Crippen LogP) is 3.96. The van der Waals surface area contributed by atoms with Crippen molar-refractivity contribution in [1.82, 2.24) is 14.9 Å². The largest absolute Gasteiger partial charge is 0.350 e. The molecule has 3 aromatic rings. The molecular weight excluding hydrogens is 364 g/mol. The summed E-state index contributed by atoms with van der Waals surface area (Å²) in [4.78, 5) is 13.5. The van der Waals surface area contributed by atoms with Gasteiger partial charge in [-0.05, 0) is 43.9 Å². The Hall–Kier alpha value is -1.98. The van der Waals surface area contributed by atoms with Gasteiger partial charge in [-0.25, -0.2) is 9.97 Å². The van der Waals surface area contributed by atoms with E-state index in [0.29, 0.717) is 0 Å². The molecule has 124 valence electrons. The molecule has 4 nitrogen and oxygen atoms in total. The Kier molecular flexibility index (Phi) is 5.43. The summed E-state index contributed by atoms with van der Waals surface area (Å²) in [7, 11) is 4.19. The summed E-state index contributed by atoms with van der Waals surface area (Å²) < 4.78 is 1.10. The monoisotopic (exact) mass is 384 g/mol. The fourth-order valence-corrected chi connectivity index (χ4v) is 2.90. The van der Waals surface area contributed by atoms with E-state index in [0.717, 1.165) is 40.8 Å². The highest BCUT2D eigenvalue weighted by atomic mass is 79.9. The lowest BCUT2D eigenvalue weighted by atomic mass is 10.2. The van der Waals surface area contributed by atoms with Gasteiger partial charge in [0.1, 0.15) is 12.1 Å². The zero-order valence-corrected chi connectivity index (χ0v) is 15.6. The molecule has 3 rings (SSSR count). The first-order valence-corrected chi connectivity index (χ1v) is 8.76. The van der Waals surface area contributed by atoms with Gasteiger partial charge in [0, 0.05) is 29.5 Å². The van der Waals surface area contributed by atoms with Gasteiger partial charge < -0.3 is 9.80 Å². The molecule has 0 aliphatic carbocycles. The number of fused-ring (bicyclic) bond motifs is 1. The Morgan fingerprint density at radius 1 is 0.917 bits per heavy atom. The summed E-state index contributed by atoms with van der Waals surface area (Å²) >= 11 is 3.50. The molecule has 0 amide bonds. The van der Waals surface area contributed by atoms with Crippen LogP contribution in [0.4, 0.5) is 5.82 Å². The molecule has 2 aromatic carbocycles. The molecule has 24 heavy (non-hydrogen) atoms. The van der Waals surface area contributed by atoms with Crippen molar-refractivity contribution in [2.24, 2.45) is 0 Å². The topological polar surface area (TPSA) is 32.3 Å². The first kappa shape index (κ1) is 16.9. The van der Waals surface area contributed by atoms with Crippen LogP contribution >= 0.6 is 15.9 Å². The van der Waals surface area contributed by atoms with Crippen LogP contribution in [0.25, 0.3) is 10.9 Å². The minimum Gasteiger partial charge on any atom is -0.350 e. The summed E-state index contributed by atoms with van der Waals surface area (Å²) in [6.07, 6.45) is 1.65. The zero-order chi connectivity index (χ0) is 16.9. The second-order valence-electron chi connectivity index (χ2n) is 6.07. The maximum absolute atomic E-state index is 4.59. The number of para-hydroxylation sites is 1. The van der Waals surface area contributed by atoms with Crippen LogP contribution in [0.1, 0.15) is 5.56 Å². The van der Waals surface area contributed by atoms with Gasteiger partial charge in [0.25, 0.3) is 0 Å². The van der Waals surface area contributed by atoms with E-state index in [2.05, 4.69) is 80.1 Å². The van der Waals surface area contributed by atoms with Crippen LogP contribution in [0, 0.1) is 0 Å². The fourth-order valence-electron chi connectivity index (χ4n) is 2.63. The minimum absolute atomic E-state index is 0.822. The Bertz CT molecular complexity index is 797. The van der Waals surface area contributed by atoms with Gasteiger partial charge in [-0.3, -0.25) is 0 Å². The van der Waals surface area contributed by atoms with Crippen molar-refractivity contribution in [1.29, 1.82) is 0 Å². The van der Waals surface area contributed by atoms with Gasteiger partial charge in [0.05, 0.1) is 5.52 Å². The maximum Gasteiger partial charge on any atom is 0.140 e. The molecule has 0 saturated heterocycles. The van der Waals surface area contributed by atoms with Crippen molar-refractivity contribution >= 4 is 32.7 Å². The second-order valence-corrected chi connectivity index (χ2v) is 6.98. The van der Waals surface area contributed by atoms with Crippen LogP contribution in [0.5, 0.6) is 0 Å². The van der Waals surface area contributed by atoms with Gasteiger partial charge in [-0.2, -0.15) is 0 Å². The van der Waals surface area contributed by atoms with Crippen LogP contribution in [0.2, 0.25) is 0 Å². The van der Waals surface area contributed by atoms with E-state index in [9.17, 15) is 0 Å². The van der Waals surface area contributed by atoms with Crippen molar-refractivity contribution in [2.75, 3.05) is 32.1 Å². The SMILES string of the molecule is CN(C)CCN(Cc1ccc(Br)cc1)c1ncnc2ccccc12. The second kappa shape index (κ2) is 7.73. The molecule has 0 spiro atoms. The Labute approximate surface area is 151 Å². The number of aromatic nitrogens is 2. The van der Waals surface area contributed by atoms with Gasteiger partial charge >= 0.3 is 0 Å². The smallest absolute Gasteiger partial charge is 0.140 e. The Morgan fingerprint density at radius 2 is 1.67 bits per heavy atom. The average molecular weight is 385 g/mol. The first-order valence-electron chi connectivity index (χ1n) is 7.97. The van der Waals surface area contributed by atoms with Crippen LogP contribution in [-0.2, 0) is 6.54 Å². The molecule has 0 atom stereocenters. The average Bonchev–Trinajstić information content (AvgIpc) is 2.60. The minimum atomic E-state index is 0.822. The van der Waals surface area contributed by atoms with Crippen molar-refractivity contribution < 1.29 is 0 Å². The van der Waals surface area contributed by atoms with Crippen LogP contribution < -0.4 is 4.90 Å². The number of halogens is 1. The molecule has 0 N–H and O–H groups in total. The quantitative estimate of drug-likeness (QED) is 0.643. The van der Waals surface area contributed by atoms with Gasteiger partial charge in [-0.15, -0.1) is 0 Å². The van der Waals surface area contributed by atoms with E-state index < -0.39 is 0 Å². The molecule has 5 heteroatoms. The van der Waals surface area contributed by atoms with E-state index in [1.54, 1.807) is 6.33 Å². The predicted molar refractivity (Wildman–Crippen MR) is 103 cm³/mol. The Balaban J connectivity index is 1.95. The summed E-state index contributed by atoms with van der Waals surface area (Å²) in [6, 6.07) is 16.6. The van der Waals surface area contributed by atoms with Gasteiger partial charge in [-0.1, -0.05) is 40.2 Å². The molecule has 1 heterocycles. The highest BCUT2D eigenvalue weighted by molar-refractivity contribution is 9.10. The molecule has 0 saturated carbocycles. The molecule has 0 unspecified atom stereocenters. The zero-order valence-electron chi connectivity index (χ0n) is 14.0. The van der Waals surface area contributed by atoms with E-state index in [1.807, 2.05) is 18.2 Å². The number of benzene rings is 2. The number of nitrogens with zero attached hydrogens (tertiary/aromatic N) is 4. The lowest BCUT2D eigenvalue weighted by molar-refractivity contribution is 0.412. The number of hydrogen-bond donors (Lipinski definition) is 0. The molecular formula is C19H21BrN4. The molecule has 1 aromatic heterocycles. The van der Waals surface area contributed by atoms with E-state index >= 15 is 0 Å². The van der Waals surface area contributed by atoms with Crippen molar-refractivity contribution in [2.45, 2.75) is 6.54 Å². The third kappa shape index (κ3) is 4.10. The van der Waals surface area contributed by atoms with Gasteiger partial charge in [0.15, 0.2) is 0 Å². The van der Waals surface area contributed by atoms with Crippen molar-refractivity contribution in [3.63, 3.8) is 0 Å². The fraction of sp³-hybridized carbons (Fsp3) is 0.263. The maximum atomic E-state index is 4.59. The molecule has 0 aliphatic heterocycles. The number of likely N-dealkylation sites (N-methyl/N-ethyl adjacent to an activating group) is 1. The molecule has 0 radical (unpaired) electrons. The summed E-state index contributed by atoms with van der Waals surface area (Å²) in [5.41, 5.74) is 2.24.